The Morgan fingerprint density at radius 3 is 1.58 bits per heavy atom. The number of rotatable bonds is 11. The fourth-order valence-electron chi connectivity index (χ4n) is 2.10. The summed E-state index contributed by atoms with van der Waals surface area (Å²) in [6.07, 6.45) is 2.26. The van der Waals surface area contributed by atoms with E-state index in [9.17, 15) is 14.2 Å². The lowest BCUT2D eigenvalue weighted by molar-refractivity contribution is -0.149. The largest absolute Gasteiger partial charge is 0.462 e. The maximum atomic E-state index is 13.3. The monoisotopic (exact) mass is 390 g/mol. The minimum atomic E-state index is -3.23. The Hall–Kier alpha value is -1.17. The Morgan fingerprint density at radius 2 is 1.27 bits per heavy atom. The van der Waals surface area contributed by atoms with Gasteiger partial charge in [-0.25, -0.2) is 10.2 Å². The minimum absolute atomic E-state index is 0.260. The normalized spacial score (nSPS) is 14.1. The second kappa shape index (κ2) is 11.5. The van der Waals surface area contributed by atoms with Crippen LogP contribution in [0.25, 0.3) is 0 Å². The van der Waals surface area contributed by atoms with E-state index in [0.717, 1.165) is 5.57 Å². The molecule has 0 heterocycles. The van der Waals surface area contributed by atoms with Gasteiger partial charge in [-0.05, 0) is 61.8 Å². The van der Waals surface area contributed by atoms with Crippen molar-refractivity contribution < 1.29 is 23.6 Å². The van der Waals surface area contributed by atoms with E-state index < -0.39 is 31.5 Å². The first-order valence-electron chi connectivity index (χ1n) is 9.05. The number of esters is 2. The van der Waals surface area contributed by atoms with Crippen LogP contribution in [0.3, 0.4) is 0 Å². The molecule has 0 unspecified atom stereocenters. The van der Waals surface area contributed by atoms with Crippen LogP contribution in [0.4, 0.5) is 0 Å². The van der Waals surface area contributed by atoms with E-state index in [1.807, 2.05) is 19.9 Å². The van der Waals surface area contributed by atoms with Crippen molar-refractivity contribution in [2.45, 2.75) is 86.1 Å². The number of hydrogen-bond donors (Lipinski definition) is 2. The van der Waals surface area contributed by atoms with Crippen LogP contribution < -0.4 is 10.2 Å². The molecule has 2 N–H and O–H groups in total. The van der Waals surface area contributed by atoms with Crippen LogP contribution in [-0.4, -0.2) is 42.4 Å². The summed E-state index contributed by atoms with van der Waals surface area (Å²) in [6, 6.07) is -1.54. The van der Waals surface area contributed by atoms with E-state index in [0.29, 0.717) is 6.42 Å². The van der Waals surface area contributed by atoms with Crippen molar-refractivity contribution in [2.24, 2.45) is 0 Å². The van der Waals surface area contributed by atoms with Crippen molar-refractivity contribution in [3.8, 4) is 0 Å². The Balaban J connectivity index is 5.16. The Kier molecular flexibility index (Phi) is 11.0. The number of hydrogen-bond acceptors (Lipinski definition) is 5. The van der Waals surface area contributed by atoms with Crippen molar-refractivity contribution in [1.29, 1.82) is 0 Å². The lowest BCUT2D eigenvalue weighted by Crippen LogP contribution is -2.43. The molecule has 0 saturated heterocycles. The van der Waals surface area contributed by atoms with E-state index in [1.165, 1.54) is 0 Å². The van der Waals surface area contributed by atoms with Crippen LogP contribution in [0.5, 0.6) is 0 Å². The standard InChI is InChI=1S/C18H35N2O5P/c1-12(2)10-9-11-26(23,19-15(7)17(21)24-13(3)4)20-16(8)18(22)25-14(5)6/h10,13-16H,9,11H2,1-8H3,(H2,19,20,23)/t15-,16-/m0/s1. The molecule has 0 aliphatic carbocycles. The summed E-state index contributed by atoms with van der Waals surface area (Å²) >= 11 is 0. The molecule has 0 saturated carbocycles. The fraction of sp³-hybridized carbons (Fsp3) is 0.778. The van der Waals surface area contributed by atoms with E-state index in [2.05, 4.69) is 10.2 Å². The highest BCUT2D eigenvalue weighted by molar-refractivity contribution is 7.59. The fourth-order valence-corrected chi connectivity index (χ4v) is 4.39. The highest BCUT2D eigenvalue weighted by atomic mass is 31.2. The molecule has 0 aliphatic heterocycles. The van der Waals surface area contributed by atoms with Crippen molar-refractivity contribution >= 4 is 19.4 Å². The summed E-state index contributed by atoms with van der Waals surface area (Å²) in [5, 5.41) is 5.69. The second-order valence-corrected chi connectivity index (χ2v) is 9.65. The molecule has 0 rings (SSSR count). The topological polar surface area (TPSA) is 93.7 Å². The first kappa shape index (κ1) is 24.8. The maximum absolute atomic E-state index is 13.3. The van der Waals surface area contributed by atoms with Gasteiger partial charge in [0.25, 0.3) is 0 Å². The molecule has 0 spiro atoms. The Labute approximate surface area is 157 Å². The highest BCUT2D eigenvalue weighted by Gasteiger charge is 2.31. The predicted molar refractivity (Wildman–Crippen MR) is 104 cm³/mol. The summed E-state index contributed by atoms with van der Waals surface area (Å²) in [4.78, 5) is 24.1. The van der Waals surface area contributed by atoms with Crippen LogP contribution >= 0.6 is 7.44 Å². The Morgan fingerprint density at radius 1 is 0.885 bits per heavy atom. The maximum Gasteiger partial charge on any atom is 0.323 e. The molecule has 26 heavy (non-hydrogen) atoms. The molecule has 0 aromatic carbocycles. The van der Waals surface area contributed by atoms with Crippen LogP contribution in [-0.2, 0) is 23.6 Å². The van der Waals surface area contributed by atoms with Crippen molar-refractivity contribution in [1.82, 2.24) is 10.2 Å². The van der Waals surface area contributed by atoms with Gasteiger partial charge in [0.05, 0.1) is 12.2 Å². The van der Waals surface area contributed by atoms with Crippen LogP contribution in [0, 0.1) is 0 Å². The van der Waals surface area contributed by atoms with E-state index in [-0.39, 0.29) is 18.4 Å². The average Bonchev–Trinajstić information content (AvgIpc) is 2.44. The molecular formula is C18H35N2O5P. The molecule has 0 amide bonds. The smallest absolute Gasteiger partial charge is 0.323 e. The van der Waals surface area contributed by atoms with Gasteiger partial charge >= 0.3 is 11.9 Å². The lowest BCUT2D eigenvalue weighted by atomic mass is 10.3. The van der Waals surface area contributed by atoms with Gasteiger partial charge in [-0.15, -0.1) is 0 Å². The zero-order valence-electron chi connectivity index (χ0n) is 17.3. The van der Waals surface area contributed by atoms with Gasteiger partial charge in [-0.2, -0.15) is 0 Å². The number of carbonyl (C=O) groups is 2. The summed E-state index contributed by atoms with van der Waals surface area (Å²) in [6.45, 7) is 14.1. The summed E-state index contributed by atoms with van der Waals surface area (Å²) < 4.78 is 23.6. The SMILES string of the molecule is CC(C)=CCCP(=O)(N[C@@H](C)C(=O)OC(C)C)N[C@@H](C)C(=O)OC(C)C. The average molecular weight is 390 g/mol. The molecule has 0 aromatic heterocycles. The van der Waals surface area contributed by atoms with Crippen LogP contribution in [0.15, 0.2) is 11.6 Å². The zero-order valence-corrected chi connectivity index (χ0v) is 18.2. The third kappa shape index (κ3) is 10.7. The Bertz CT molecular complexity index is 508. The van der Waals surface area contributed by atoms with Gasteiger partial charge in [-0.3, -0.25) is 14.2 Å². The van der Waals surface area contributed by atoms with E-state index >= 15 is 0 Å². The van der Waals surface area contributed by atoms with Crippen LogP contribution in [0.2, 0.25) is 0 Å². The highest BCUT2D eigenvalue weighted by Crippen LogP contribution is 2.38. The minimum Gasteiger partial charge on any atom is -0.462 e. The predicted octanol–water partition coefficient (Wildman–Crippen LogP) is 3.40. The summed E-state index contributed by atoms with van der Waals surface area (Å²) in [5.74, 6) is -0.969. The van der Waals surface area contributed by atoms with Gasteiger partial charge < -0.3 is 9.47 Å². The van der Waals surface area contributed by atoms with Crippen molar-refractivity contribution in [3.05, 3.63) is 11.6 Å². The lowest BCUT2D eigenvalue weighted by Gasteiger charge is -2.27. The number of nitrogens with one attached hydrogen (secondary N) is 2. The molecule has 8 heteroatoms. The van der Waals surface area contributed by atoms with Gasteiger partial charge in [0.2, 0.25) is 7.44 Å². The molecule has 0 aromatic rings. The second-order valence-electron chi connectivity index (χ2n) is 7.21. The first-order chi connectivity index (χ1) is 11.9. The van der Waals surface area contributed by atoms with Gasteiger partial charge in [-0.1, -0.05) is 11.6 Å². The molecule has 152 valence electrons. The molecular weight excluding hydrogens is 355 g/mol. The number of allylic oxidation sites excluding steroid dienone is 2. The molecule has 0 radical (unpaired) electrons. The molecule has 0 aliphatic rings. The van der Waals surface area contributed by atoms with Crippen molar-refractivity contribution in [3.63, 3.8) is 0 Å². The van der Waals surface area contributed by atoms with E-state index in [1.54, 1.807) is 41.5 Å². The van der Waals surface area contributed by atoms with E-state index in [4.69, 9.17) is 9.47 Å². The van der Waals surface area contributed by atoms with Gasteiger partial charge in [0.1, 0.15) is 12.1 Å². The first-order valence-corrected chi connectivity index (χ1v) is 10.9. The van der Waals surface area contributed by atoms with Crippen LogP contribution in [0.1, 0.15) is 61.8 Å². The summed E-state index contributed by atoms with van der Waals surface area (Å²) in [5.41, 5.74) is 1.11. The number of ether oxygens (including phenoxy) is 2. The quantitative estimate of drug-likeness (QED) is 0.317. The summed E-state index contributed by atoms with van der Waals surface area (Å²) in [7, 11) is -3.23. The van der Waals surface area contributed by atoms with Crippen molar-refractivity contribution in [2.75, 3.05) is 6.16 Å². The zero-order chi connectivity index (χ0) is 20.5. The third-order valence-electron chi connectivity index (χ3n) is 3.21. The van der Waals surface area contributed by atoms with Gasteiger partial charge in [0.15, 0.2) is 0 Å². The molecule has 0 fully saturated rings. The van der Waals surface area contributed by atoms with Gasteiger partial charge in [0, 0.05) is 6.16 Å². The molecule has 0 bridgehead atoms. The number of carbonyl (C=O) groups excluding carboxylic acids is 2. The molecule has 7 nitrogen and oxygen atoms in total. The molecule has 2 atom stereocenters. The third-order valence-corrected chi connectivity index (χ3v) is 5.71.